The smallest absolute Gasteiger partial charge is 0.302 e. The standard InChI is InChI=1S/C7H9F2OP/c8-11(9)10-7-4-5-1-2-6(7)3-5/h1-2,5-7H,3-4H2. The minimum atomic E-state index is -3.16. The first-order valence-electron chi connectivity index (χ1n) is 3.72. The Balaban J connectivity index is 1.93. The van der Waals surface area contributed by atoms with Crippen LogP contribution in [0.1, 0.15) is 12.8 Å². The van der Waals surface area contributed by atoms with E-state index in [0.717, 1.165) is 12.8 Å². The molecule has 2 aliphatic carbocycles. The van der Waals surface area contributed by atoms with Crippen molar-refractivity contribution in [2.75, 3.05) is 0 Å². The number of hydrogen-bond acceptors (Lipinski definition) is 1. The van der Waals surface area contributed by atoms with E-state index in [0.29, 0.717) is 5.92 Å². The quantitative estimate of drug-likeness (QED) is 0.466. The molecule has 3 atom stereocenters. The fourth-order valence-electron chi connectivity index (χ4n) is 1.95. The van der Waals surface area contributed by atoms with Gasteiger partial charge >= 0.3 is 8.77 Å². The number of allylic oxidation sites excluding steroid dienone is 1. The molecule has 0 amide bonds. The Kier molecular flexibility index (Phi) is 1.94. The third-order valence-corrected chi connectivity index (χ3v) is 2.86. The van der Waals surface area contributed by atoms with Crippen LogP contribution in [0.25, 0.3) is 0 Å². The van der Waals surface area contributed by atoms with Crippen LogP contribution in [-0.4, -0.2) is 6.10 Å². The lowest BCUT2D eigenvalue weighted by Gasteiger charge is -2.16. The molecule has 0 heterocycles. The molecule has 1 nitrogen and oxygen atoms in total. The molecule has 3 unspecified atom stereocenters. The van der Waals surface area contributed by atoms with Crippen LogP contribution < -0.4 is 0 Å². The van der Waals surface area contributed by atoms with Gasteiger partial charge in [0.05, 0.1) is 6.10 Å². The van der Waals surface area contributed by atoms with Gasteiger partial charge in [0.15, 0.2) is 0 Å². The maximum Gasteiger partial charge on any atom is 0.415 e. The first kappa shape index (κ1) is 7.63. The summed E-state index contributed by atoms with van der Waals surface area (Å²) in [6.07, 6.45) is 5.76. The molecule has 4 heteroatoms. The first-order chi connectivity index (χ1) is 5.25. The van der Waals surface area contributed by atoms with Crippen LogP contribution >= 0.6 is 8.77 Å². The van der Waals surface area contributed by atoms with E-state index in [4.69, 9.17) is 0 Å². The van der Waals surface area contributed by atoms with Crippen LogP contribution in [0.15, 0.2) is 12.2 Å². The van der Waals surface area contributed by atoms with E-state index in [-0.39, 0.29) is 12.0 Å². The summed E-state index contributed by atoms with van der Waals surface area (Å²) in [5.41, 5.74) is 0. The van der Waals surface area contributed by atoms with Crippen molar-refractivity contribution in [2.45, 2.75) is 18.9 Å². The Morgan fingerprint density at radius 3 is 2.55 bits per heavy atom. The Morgan fingerprint density at radius 1 is 1.27 bits per heavy atom. The zero-order chi connectivity index (χ0) is 7.84. The Bertz CT molecular complexity index is 183. The van der Waals surface area contributed by atoms with Crippen LogP contribution in [0.3, 0.4) is 0 Å². The van der Waals surface area contributed by atoms with Crippen molar-refractivity contribution in [3.8, 4) is 0 Å². The Morgan fingerprint density at radius 2 is 2.09 bits per heavy atom. The van der Waals surface area contributed by atoms with Crippen LogP contribution in [0.2, 0.25) is 0 Å². The molecular formula is C7H9F2OP. The van der Waals surface area contributed by atoms with Gasteiger partial charge in [-0.2, -0.15) is 8.39 Å². The maximum atomic E-state index is 11.8. The van der Waals surface area contributed by atoms with E-state index in [9.17, 15) is 8.39 Å². The van der Waals surface area contributed by atoms with Crippen molar-refractivity contribution in [3.05, 3.63) is 12.2 Å². The van der Waals surface area contributed by atoms with Crippen molar-refractivity contribution in [1.29, 1.82) is 0 Å². The number of fused-ring (bicyclic) bond motifs is 2. The van der Waals surface area contributed by atoms with Gasteiger partial charge in [-0.25, -0.2) is 0 Å². The summed E-state index contributed by atoms with van der Waals surface area (Å²) in [6.45, 7) is 0. The lowest BCUT2D eigenvalue weighted by Crippen LogP contribution is -2.14. The predicted octanol–water partition coefficient (Wildman–Crippen LogP) is 3.13. The summed E-state index contributed by atoms with van der Waals surface area (Å²) in [5, 5.41) is 0. The Labute approximate surface area is 65.5 Å². The van der Waals surface area contributed by atoms with E-state index >= 15 is 0 Å². The van der Waals surface area contributed by atoms with E-state index in [2.05, 4.69) is 10.6 Å². The van der Waals surface area contributed by atoms with Crippen LogP contribution in [0.4, 0.5) is 8.39 Å². The predicted molar refractivity (Wildman–Crippen MR) is 39.4 cm³/mol. The summed E-state index contributed by atoms with van der Waals surface area (Å²) < 4.78 is 28.2. The van der Waals surface area contributed by atoms with E-state index in [1.807, 2.05) is 6.08 Å². The van der Waals surface area contributed by atoms with Gasteiger partial charge in [0.25, 0.3) is 0 Å². The second-order valence-electron chi connectivity index (χ2n) is 3.13. The van der Waals surface area contributed by atoms with Gasteiger partial charge in [-0.15, -0.1) is 0 Å². The van der Waals surface area contributed by atoms with Gasteiger partial charge in [0, 0.05) is 5.92 Å². The number of hydrogen-bond donors (Lipinski definition) is 0. The topological polar surface area (TPSA) is 9.23 Å². The lowest BCUT2D eigenvalue weighted by atomic mass is 10.1. The highest BCUT2D eigenvalue weighted by atomic mass is 31.2. The van der Waals surface area contributed by atoms with Crippen molar-refractivity contribution >= 4 is 8.77 Å². The third kappa shape index (κ3) is 1.45. The summed E-state index contributed by atoms with van der Waals surface area (Å²) in [6, 6.07) is 0. The monoisotopic (exact) mass is 178 g/mol. The minimum absolute atomic E-state index is 0.189. The largest absolute Gasteiger partial charge is 0.415 e. The van der Waals surface area contributed by atoms with Gasteiger partial charge in [0.2, 0.25) is 0 Å². The zero-order valence-electron chi connectivity index (χ0n) is 5.91. The normalized spacial score (nSPS) is 40.8. The molecule has 0 N–H and O–H groups in total. The van der Waals surface area contributed by atoms with Gasteiger partial charge in [-0.1, -0.05) is 12.2 Å². The lowest BCUT2D eigenvalue weighted by molar-refractivity contribution is 0.173. The highest BCUT2D eigenvalue weighted by Crippen LogP contribution is 2.49. The van der Waals surface area contributed by atoms with Gasteiger partial charge in [-0.3, -0.25) is 0 Å². The molecule has 0 aromatic carbocycles. The maximum absolute atomic E-state index is 11.8. The number of rotatable bonds is 2. The average molecular weight is 178 g/mol. The molecule has 1 fully saturated rings. The minimum Gasteiger partial charge on any atom is -0.302 e. The van der Waals surface area contributed by atoms with Crippen LogP contribution in [-0.2, 0) is 4.52 Å². The van der Waals surface area contributed by atoms with Gasteiger partial charge in [0.1, 0.15) is 0 Å². The summed E-state index contributed by atoms with van der Waals surface area (Å²) in [4.78, 5) is 0. The zero-order valence-corrected chi connectivity index (χ0v) is 6.81. The molecule has 2 rings (SSSR count). The fraction of sp³-hybridized carbons (Fsp3) is 0.714. The molecule has 11 heavy (non-hydrogen) atoms. The second kappa shape index (κ2) is 2.80. The third-order valence-electron chi connectivity index (χ3n) is 2.43. The summed E-state index contributed by atoms with van der Waals surface area (Å²) >= 11 is 0. The van der Waals surface area contributed by atoms with Crippen molar-refractivity contribution in [2.24, 2.45) is 11.8 Å². The van der Waals surface area contributed by atoms with Crippen LogP contribution in [0.5, 0.6) is 0 Å². The average Bonchev–Trinajstić information content (AvgIpc) is 2.45. The van der Waals surface area contributed by atoms with Gasteiger partial charge < -0.3 is 4.52 Å². The summed E-state index contributed by atoms with van der Waals surface area (Å²) in [5.74, 6) is 0.788. The van der Waals surface area contributed by atoms with Crippen LogP contribution in [0, 0.1) is 11.8 Å². The molecule has 0 aliphatic heterocycles. The second-order valence-corrected chi connectivity index (χ2v) is 3.74. The van der Waals surface area contributed by atoms with E-state index in [1.54, 1.807) is 0 Å². The van der Waals surface area contributed by atoms with Crippen molar-refractivity contribution in [1.82, 2.24) is 0 Å². The molecule has 0 aromatic heterocycles. The highest BCUT2D eigenvalue weighted by Gasteiger charge is 2.38. The molecule has 0 spiro atoms. The SMILES string of the molecule is FP(F)OC1CC2C=CC1C2. The summed E-state index contributed by atoms with van der Waals surface area (Å²) in [7, 11) is -3.16. The van der Waals surface area contributed by atoms with Gasteiger partial charge in [-0.05, 0) is 18.8 Å². The first-order valence-corrected chi connectivity index (χ1v) is 4.76. The number of halogens is 2. The van der Waals surface area contributed by atoms with E-state index < -0.39 is 8.77 Å². The molecule has 1 saturated carbocycles. The van der Waals surface area contributed by atoms with Crippen molar-refractivity contribution < 1.29 is 12.9 Å². The molecular weight excluding hydrogens is 169 g/mol. The molecule has 0 saturated heterocycles. The molecule has 0 radical (unpaired) electrons. The molecule has 62 valence electrons. The van der Waals surface area contributed by atoms with E-state index in [1.165, 1.54) is 0 Å². The molecule has 2 aliphatic rings. The Hall–Kier alpha value is -0.0100. The highest BCUT2D eigenvalue weighted by molar-refractivity contribution is 7.40. The fourth-order valence-corrected chi connectivity index (χ4v) is 2.40. The molecule has 2 bridgehead atoms. The van der Waals surface area contributed by atoms with Crippen molar-refractivity contribution in [3.63, 3.8) is 0 Å². The molecule has 0 aromatic rings.